The molecule has 2 heterocycles. The van der Waals surface area contributed by atoms with Crippen LogP contribution in [0.25, 0.3) is 11.8 Å². The smallest absolute Gasteiger partial charge is 0.321 e. The number of fused-ring (bicyclic) bond motifs is 1. The first kappa shape index (κ1) is 17.4. The predicted molar refractivity (Wildman–Crippen MR) is 103 cm³/mol. The highest BCUT2D eigenvalue weighted by molar-refractivity contribution is 6.04. The second kappa shape index (κ2) is 7.66. The van der Waals surface area contributed by atoms with Gasteiger partial charge in [0.1, 0.15) is 11.7 Å². The number of allylic oxidation sites excluding steroid dienone is 1. The summed E-state index contributed by atoms with van der Waals surface area (Å²) in [5.74, 6) is 6.97. The number of aromatic nitrogens is 2. The van der Waals surface area contributed by atoms with Gasteiger partial charge in [-0.25, -0.2) is 20.6 Å². The van der Waals surface area contributed by atoms with Gasteiger partial charge in [0.15, 0.2) is 0 Å². The molecule has 8 nitrogen and oxygen atoms in total. The fourth-order valence-electron chi connectivity index (χ4n) is 2.64. The average Bonchev–Trinajstić information content (AvgIpc) is 2.87. The third kappa shape index (κ3) is 4.17. The third-order valence-corrected chi connectivity index (χ3v) is 3.74. The van der Waals surface area contributed by atoms with E-state index in [1.54, 1.807) is 19.4 Å². The van der Waals surface area contributed by atoms with Gasteiger partial charge >= 0.3 is 6.03 Å². The van der Waals surface area contributed by atoms with Crippen molar-refractivity contribution in [1.82, 2.24) is 19.9 Å². The van der Waals surface area contributed by atoms with Gasteiger partial charge in [0.05, 0.1) is 18.3 Å². The topological polar surface area (TPSA) is 101 Å². The summed E-state index contributed by atoms with van der Waals surface area (Å²) in [6.45, 7) is 1.96. The summed E-state index contributed by atoms with van der Waals surface area (Å²) in [7, 11) is 1.76. The Labute approximate surface area is 151 Å². The second-order valence-electron chi connectivity index (χ2n) is 5.90. The standard InChI is InChI=1S/C18H21N7O/c1-13(12-24(2)19)15-11-21-17-10-16(20-8-9-25(15)17)23-18(26)22-14-6-4-3-5-7-14/h3-9,11-12H,10,19H2,1-2H3,(H2,20,22,23,26)/b13-12+. The van der Waals surface area contributed by atoms with E-state index in [2.05, 4.69) is 20.6 Å². The van der Waals surface area contributed by atoms with Crippen molar-refractivity contribution < 1.29 is 4.79 Å². The lowest BCUT2D eigenvalue weighted by Crippen LogP contribution is -2.35. The van der Waals surface area contributed by atoms with Crippen LogP contribution in [0.3, 0.4) is 0 Å². The van der Waals surface area contributed by atoms with Crippen LogP contribution in [0, 0.1) is 0 Å². The van der Waals surface area contributed by atoms with E-state index in [1.807, 2.05) is 54.2 Å². The first-order valence-electron chi connectivity index (χ1n) is 8.12. The molecule has 0 atom stereocenters. The number of urea groups is 1. The number of rotatable bonds is 3. The van der Waals surface area contributed by atoms with Crippen LogP contribution in [0.4, 0.5) is 10.5 Å². The van der Waals surface area contributed by atoms with Crippen LogP contribution in [0.5, 0.6) is 0 Å². The summed E-state index contributed by atoms with van der Waals surface area (Å²) < 4.78 is 1.93. The van der Waals surface area contributed by atoms with Gasteiger partial charge in [0.25, 0.3) is 0 Å². The molecule has 1 aliphatic heterocycles. The number of anilines is 1. The number of carbonyl (C=O) groups is 1. The number of benzene rings is 1. The molecule has 3 rings (SSSR count). The van der Waals surface area contributed by atoms with Crippen LogP contribution >= 0.6 is 0 Å². The molecule has 0 saturated heterocycles. The van der Waals surface area contributed by atoms with Gasteiger partial charge in [0, 0.05) is 31.3 Å². The molecular weight excluding hydrogens is 330 g/mol. The number of nitrogens with two attached hydrogens (primary N) is 1. The maximum Gasteiger partial charge on any atom is 0.324 e. The molecule has 1 aromatic carbocycles. The van der Waals surface area contributed by atoms with Crippen molar-refractivity contribution >= 4 is 29.3 Å². The van der Waals surface area contributed by atoms with Crippen LogP contribution in [0.15, 0.2) is 53.9 Å². The Kier molecular flexibility index (Phi) is 5.14. The van der Waals surface area contributed by atoms with Crippen molar-refractivity contribution in [3.05, 3.63) is 60.4 Å². The third-order valence-electron chi connectivity index (χ3n) is 3.74. The van der Waals surface area contributed by atoms with Gasteiger partial charge in [-0.05, 0) is 24.6 Å². The Hall–Kier alpha value is -3.39. The zero-order valence-electron chi connectivity index (χ0n) is 14.7. The van der Waals surface area contributed by atoms with Gasteiger partial charge in [-0.15, -0.1) is 0 Å². The van der Waals surface area contributed by atoms with Gasteiger partial charge in [-0.3, -0.25) is 5.32 Å². The monoisotopic (exact) mass is 351 g/mol. The molecule has 0 fully saturated rings. The number of aliphatic imine (C=N–C) groups is 1. The molecule has 0 aliphatic carbocycles. The normalized spacial score (nSPS) is 13.5. The average molecular weight is 351 g/mol. The number of amidine groups is 1. The van der Waals surface area contributed by atoms with Crippen LogP contribution in [0.1, 0.15) is 18.4 Å². The Morgan fingerprint density at radius 2 is 2.08 bits per heavy atom. The van der Waals surface area contributed by atoms with Crippen molar-refractivity contribution in [2.45, 2.75) is 13.3 Å². The number of hydrogen-bond acceptors (Lipinski definition) is 5. The summed E-state index contributed by atoms with van der Waals surface area (Å²) in [6.07, 6.45) is 7.45. The minimum Gasteiger partial charge on any atom is -0.321 e. The first-order chi connectivity index (χ1) is 12.5. The number of para-hydroxylation sites is 1. The molecular formula is C18H21N7O. The molecule has 26 heavy (non-hydrogen) atoms. The second-order valence-corrected chi connectivity index (χ2v) is 5.90. The summed E-state index contributed by atoms with van der Waals surface area (Å²) in [5.41, 5.74) is 2.60. The highest BCUT2D eigenvalue weighted by atomic mass is 16.2. The molecule has 2 aromatic rings. The van der Waals surface area contributed by atoms with Gasteiger partial charge < -0.3 is 14.9 Å². The summed E-state index contributed by atoms with van der Waals surface area (Å²) >= 11 is 0. The zero-order valence-corrected chi connectivity index (χ0v) is 14.7. The number of imidazole rings is 1. The molecule has 1 aromatic heterocycles. The fraction of sp³-hybridized carbons (Fsp3) is 0.167. The maximum absolute atomic E-state index is 12.2. The summed E-state index contributed by atoms with van der Waals surface area (Å²) in [6, 6.07) is 8.89. The Balaban J connectivity index is 1.71. The molecule has 0 saturated carbocycles. The maximum atomic E-state index is 12.2. The summed E-state index contributed by atoms with van der Waals surface area (Å²) in [5, 5.41) is 7.03. The van der Waals surface area contributed by atoms with Gasteiger partial charge in [0.2, 0.25) is 0 Å². The van der Waals surface area contributed by atoms with Crippen molar-refractivity contribution in [3.8, 4) is 0 Å². The molecule has 2 amide bonds. The van der Waals surface area contributed by atoms with Crippen LogP contribution in [-0.2, 0) is 6.42 Å². The highest BCUT2D eigenvalue weighted by Crippen LogP contribution is 2.18. The molecule has 0 radical (unpaired) electrons. The van der Waals surface area contributed by atoms with E-state index >= 15 is 0 Å². The van der Waals surface area contributed by atoms with E-state index in [0.29, 0.717) is 17.9 Å². The lowest BCUT2D eigenvalue weighted by atomic mass is 10.2. The molecule has 4 N–H and O–H groups in total. The number of nitrogens with zero attached hydrogens (tertiary/aromatic N) is 4. The Morgan fingerprint density at radius 3 is 2.81 bits per heavy atom. The van der Waals surface area contributed by atoms with Gasteiger partial charge in [-0.1, -0.05) is 18.2 Å². The fourth-order valence-corrected chi connectivity index (χ4v) is 2.64. The van der Waals surface area contributed by atoms with Crippen LogP contribution < -0.4 is 16.5 Å². The minimum absolute atomic E-state index is 0.343. The van der Waals surface area contributed by atoms with Crippen molar-refractivity contribution in [1.29, 1.82) is 0 Å². The van der Waals surface area contributed by atoms with E-state index in [4.69, 9.17) is 5.84 Å². The van der Waals surface area contributed by atoms with E-state index in [-0.39, 0.29) is 6.03 Å². The lowest BCUT2D eigenvalue weighted by molar-refractivity contribution is 0.256. The highest BCUT2D eigenvalue weighted by Gasteiger charge is 2.16. The van der Waals surface area contributed by atoms with E-state index in [0.717, 1.165) is 17.1 Å². The van der Waals surface area contributed by atoms with E-state index in [9.17, 15) is 4.79 Å². The van der Waals surface area contributed by atoms with Crippen LogP contribution in [0.2, 0.25) is 0 Å². The van der Waals surface area contributed by atoms with E-state index < -0.39 is 0 Å². The summed E-state index contributed by atoms with van der Waals surface area (Å²) in [4.78, 5) is 20.9. The quantitative estimate of drug-likeness (QED) is 0.583. The predicted octanol–water partition coefficient (Wildman–Crippen LogP) is 2.25. The number of amides is 2. The number of nitrogens with one attached hydrogen (secondary N) is 2. The molecule has 0 bridgehead atoms. The molecule has 0 unspecified atom stereocenters. The van der Waals surface area contributed by atoms with E-state index in [1.165, 1.54) is 5.01 Å². The number of carbonyl (C=O) groups excluding carboxylic acids is 1. The van der Waals surface area contributed by atoms with Crippen molar-refractivity contribution in [2.24, 2.45) is 10.8 Å². The number of hydrazine groups is 1. The largest absolute Gasteiger partial charge is 0.324 e. The molecule has 1 aliphatic rings. The molecule has 0 spiro atoms. The van der Waals surface area contributed by atoms with Crippen molar-refractivity contribution in [3.63, 3.8) is 0 Å². The number of hydrogen-bond donors (Lipinski definition) is 3. The van der Waals surface area contributed by atoms with Crippen molar-refractivity contribution in [2.75, 3.05) is 12.4 Å². The minimum atomic E-state index is -0.343. The molecule has 134 valence electrons. The Morgan fingerprint density at radius 1 is 1.31 bits per heavy atom. The molecule has 8 heteroatoms. The van der Waals surface area contributed by atoms with Crippen LogP contribution in [-0.4, -0.2) is 33.5 Å². The Bertz CT molecular complexity index is 878. The van der Waals surface area contributed by atoms with Gasteiger partial charge in [-0.2, -0.15) is 0 Å². The first-order valence-corrected chi connectivity index (χ1v) is 8.12. The zero-order chi connectivity index (χ0) is 18.5. The SMILES string of the molecule is C/C(=C\N(C)N)c1cnc2n1C=CN=C(NC(=O)Nc1ccccc1)C2. The lowest BCUT2D eigenvalue weighted by Gasteiger charge is -2.10.